The molecule has 1 fully saturated rings. The highest BCUT2D eigenvalue weighted by atomic mass is 79.9. The Morgan fingerprint density at radius 3 is 2.86 bits per heavy atom. The van der Waals surface area contributed by atoms with E-state index < -0.39 is 0 Å². The fourth-order valence-corrected chi connectivity index (χ4v) is 1.67. The molecule has 0 aromatic heterocycles. The molecular formula is C10H9BrO3. The number of hydrogen-bond donors (Lipinski definition) is 0. The molecule has 0 amide bonds. The number of halogens is 1. The maximum atomic E-state index is 10.7. The second-order valence-electron chi connectivity index (χ2n) is 3.05. The lowest BCUT2D eigenvalue weighted by atomic mass is 10.2. The molecule has 3 nitrogen and oxygen atoms in total. The number of benzene rings is 1. The topological polar surface area (TPSA) is 35.5 Å². The van der Waals surface area contributed by atoms with Crippen LogP contribution in [0.5, 0.6) is 5.75 Å². The summed E-state index contributed by atoms with van der Waals surface area (Å²) < 4.78 is 11.4. The van der Waals surface area contributed by atoms with Crippen LogP contribution >= 0.6 is 15.9 Å². The Hall–Kier alpha value is -0.870. The third-order valence-electron chi connectivity index (χ3n) is 2.02. The first-order valence-corrected chi connectivity index (χ1v) is 5.08. The minimum atomic E-state index is 0.0763. The largest absolute Gasteiger partial charge is 0.484 e. The summed E-state index contributed by atoms with van der Waals surface area (Å²) >= 11 is 3.34. The van der Waals surface area contributed by atoms with Gasteiger partial charge in [0.15, 0.2) is 6.29 Å². The van der Waals surface area contributed by atoms with Gasteiger partial charge < -0.3 is 9.47 Å². The lowest BCUT2D eigenvalue weighted by Gasteiger charge is -2.27. The minimum Gasteiger partial charge on any atom is -0.484 e. The smallest absolute Gasteiger partial charge is 0.153 e. The van der Waals surface area contributed by atoms with E-state index in [1.165, 1.54) is 0 Å². The SMILES string of the molecule is O=Cc1cccc(Br)c1OC1COC1. The highest BCUT2D eigenvalue weighted by molar-refractivity contribution is 9.10. The summed E-state index contributed by atoms with van der Waals surface area (Å²) in [5.41, 5.74) is 0.561. The minimum absolute atomic E-state index is 0.0763. The van der Waals surface area contributed by atoms with E-state index in [1.54, 1.807) is 12.1 Å². The summed E-state index contributed by atoms with van der Waals surface area (Å²) in [5, 5.41) is 0. The van der Waals surface area contributed by atoms with E-state index in [0.29, 0.717) is 24.5 Å². The summed E-state index contributed by atoms with van der Waals surface area (Å²) in [6.45, 7) is 1.19. The van der Waals surface area contributed by atoms with E-state index in [0.717, 1.165) is 10.8 Å². The Balaban J connectivity index is 2.24. The van der Waals surface area contributed by atoms with Crippen molar-refractivity contribution in [3.63, 3.8) is 0 Å². The van der Waals surface area contributed by atoms with E-state index in [9.17, 15) is 4.79 Å². The van der Waals surface area contributed by atoms with Gasteiger partial charge in [-0.3, -0.25) is 4.79 Å². The van der Waals surface area contributed by atoms with Crippen LogP contribution in [0.4, 0.5) is 0 Å². The van der Waals surface area contributed by atoms with Crippen LogP contribution in [0.2, 0.25) is 0 Å². The highest BCUT2D eigenvalue weighted by Crippen LogP contribution is 2.29. The number of hydrogen-bond acceptors (Lipinski definition) is 3. The molecule has 1 saturated heterocycles. The van der Waals surface area contributed by atoms with Crippen LogP contribution in [0, 0.1) is 0 Å². The molecule has 0 spiro atoms. The number of carbonyl (C=O) groups excluding carboxylic acids is 1. The first-order chi connectivity index (χ1) is 6.81. The molecule has 0 atom stereocenters. The van der Waals surface area contributed by atoms with Gasteiger partial charge in [-0.05, 0) is 28.1 Å². The van der Waals surface area contributed by atoms with Crippen molar-refractivity contribution in [1.82, 2.24) is 0 Å². The average molecular weight is 257 g/mol. The van der Waals surface area contributed by atoms with Crippen molar-refractivity contribution in [1.29, 1.82) is 0 Å². The lowest BCUT2D eigenvalue weighted by molar-refractivity contribution is -0.0800. The molecule has 1 aromatic rings. The van der Waals surface area contributed by atoms with Crippen molar-refractivity contribution < 1.29 is 14.3 Å². The number of ether oxygens (including phenoxy) is 2. The summed E-state index contributed by atoms with van der Waals surface area (Å²) in [7, 11) is 0. The average Bonchev–Trinajstić information content (AvgIpc) is 2.12. The summed E-state index contributed by atoms with van der Waals surface area (Å²) in [6.07, 6.45) is 0.868. The van der Waals surface area contributed by atoms with Gasteiger partial charge in [-0.15, -0.1) is 0 Å². The molecule has 0 N–H and O–H groups in total. The molecular weight excluding hydrogens is 248 g/mol. The molecule has 14 heavy (non-hydrogen) atoms. The molecule has 0 bridgehead atoms. The highest BCUT2D eigenvalue weighted by Gasteiger charge is 2.22. The van der Waals surface area contributed by atoms with Crippen molar-refractivity contribution in [3.8, 4) is 5.75 Å². The maximum absolute atomic E-state index is 10.7. The zero-order chi connectivity index (χ0) is 9.97. The second-order valence-corrected chi connectivity index (χ2v) is 3.91. The van der Waals surface area contributed by atoms with Crippen molar-refractivity contribution in [2.45, 2.75) is 6.10 Å². The third-order valence-corrected chi connectivity index (χ3v) is 2.64. The van der Waals surface area contributed by atoms with Crippen molar-refractivity contribution in [2.24, 2.45) is 0 Å². The first kappa shape index (κ1) is 9.68. The molecule has 1 aliphatic rings. The molecule has 0 radical (unpaired) electrons. The Labute approximate surface area is 90.1 Å². The van der Waals surface area contributed by atoms with Gasteiger partial charge in [-0.1, -0.05) is 6.07 Å². The third kappa shape index (κ3) is 1.81. The standard InChI is InChI=1S/C10H9BrO3/c11-9-3-1-2-7(4-12)10(9)14-8-5-13-6-8/h1-4,8H,5-6H2. The van der Waals surface area contributed by atoms with Gasteiger partial charge in [-0.25, -0.2) is 0 Å². The molecule has 74 valence electrons. The van der Waals surface area contributed by atoms with Crippen LogP contribution in [0.15, 0.2) is 22.7 Å². The predicted molar refractivity (Wildman–Crippen MR) is 54.8 cm³/mol. The zero-order valence-electron chi connectivity index (χ0n) is 7.40. The molecule has 4 heteroatoms. The van der Waals surface area contributed by atoms with E-state index in [1.807, 2.05) is 6.07 Å². The summed E-state index contributed by atoms with van der Waals surface area (Å²) in [4.78, 5) is 10.7. The van der Waals surface area contributed by atoms with Gasteiger partial charge >= 0.3 is 0 Å². The maximum Gasteiger partial charge on any atom is 0.153 e. The van der Waals surface area contributed by atoms with Gasteiger partial charge in [0.25, 0.3) is 0 Å². The van der Waals surface area contributed by atoms with Gasteiger partial charge in [0, 0.05) is 0 Å². The molecule has 0 unspecified atom stereocenters. The van der Waals surface area contributed by atoms with Crippen LogP contribution in [0.25, 0.3) is 0 Å². The van der Waals surface area contributed by atoms with Crippen LogP contribution < -0.4 is 4.74 Å². The fraction of sp³-hybridized carbons (Fsp3) is 0.300. The van der Waals surface area contributed by atoms with Crippen LogP contribution in [-0.4, -0.2) is 25.6 Å². The summed E-state index contributed by atoms with van der Waals surface area (Å²) in [6, 6.07) is 5.38. The molecule has 1 aromatic carbocycles. The Morgan fingerprint density at radius 2 is 2.29 bits per heavy atom. The van der Waals surface area contributed by atoms with Crippen molar-refractivity contribution >= 4 is 22.2 Å². The monoisotopic (exact) mass is 256 g/mol. The van der Waals surface area contributed by atoms with Crippen LogP contribution in [0.3, 0.4) is 0 Å². The van der Waals surface area contributed by atoms with Crippen molar-refractivity contribution in [3.05, 3.63) is 28.2 Å². The molecule has 2 rings (SSSR count). The Kier molecular flexibility index (Phi) is 2.84. The van der Waals surface area contributed by atoms with Crippen LogP contribution in [0.1, 0.15) is 10.4 Å². The van der Waals surface area contributed by atoms with Crippen LogP contribution in [-0.2, 0) is 4.74 Å². The number of para-hydroxylation sites is 1. The van der Waals surface area contributed by atoms with E-state index in [2.05, 4.69) is 15.9 Å². The fourth-order valence-electron chi connectivity index (χ4n) is 1.19. The molecule has 1 heterocycles. The van der Waals surface area contributed by atoms with Gasteiger partial charge in [0.2, 0.25) is 0 Å². The molecule has 1 aliphatic heterocycles. The Morgan fingerprint density at radius 1 is 1.50 bits per heavy atom. The quantitative estimate of drug-likeness (QED) is 0.777. The van der Waals surface area contributed by atoms with Crippen molar-refractivity contribution in [2.75, 3.05) is 13.2 Å². The lowest BCUT2D eigenvalue weighted by Crippen LogP contribution is -2.38. The summed E-state index contributed by atoms with van der Waals surface area (Å²) in [5.74, 6) is 0.607. The number of carbonyl (C=O) groups is 1. The van der Waals surface area contributed by atoms with E-state index >= 15 is 0 Å². The predicted octanol–water partition coefficient (Wildman–Crippen LogP) is 2.04. The second kappa shape index (κ2) is 4.11. The van der Waals surface area contributed by atoms with Gasteiger partial charge in [0.1, 0.15) is 11.9 Å². The Bertz CT molecular complexity index is 347. The number of rotatable bonds is 3. The normalized spacial score (nSPS) is 16.1. The molecule has 0 aliphatic carbocycles. The number of aldehydes is 1. The van der Waals surface area contributed by atoms with E-state index in [-0.39, 0.29) is 6.10 Å². The van der Waals surface area contributed by atoms with E-state index in [4.69, 9.17) is 9.47 Å². The first-order valence-electron chi connectivity index (χ1n) is 4.29. The van der Waals surface area contributed by atoms with Gasteiger partial charge in [0.05, 0.1) is 23.2 Å². The molecule has 0 saturated carbocycles. The van der Waals surface area contributed by atoms with Gasteiger partial charge in [-0.2, -0.15) is 0 Å². The zero-order valence-corrected chi connectivity index (χ0v) is 8.99.